The summed E-state index contributed by atoms with van der Waals surface area (Å²) in [6.07, 6.45) is 1.60. The van der Waals surface area contributed by atoms with Crippen molar-refractivity contribution in [3.05, 3.63) is 47.4 Å². The molecular weight excluding hydrogens is 272 g/mol. The molecule has 0 aliphatic carbocycles. The van der Waals surface area contributed by atoms with E-state index in [1.165, 1.54) is 0 Å². The van der Waals surface area contributed by atoms with E-state index in [0.717, 1.165) is 5.56 Å². The van der Waals surface area contributed by atoms with Crippen LogP contribution in [-0.4, -0.2) is 33.0 Å². The lowest BCUT2D eigenvalue weighted by Gasteiger charge is -2.23. The van der Waals surface area contributed by atoms with E-state index < -0.39 is 5.97 Å². The molecular formula is C14H14N4O3. The number of benzene rings is 1. The number of carbonyl (C=O) groups is 1. The lowest BCUT2D eigenvalue weighted by Crippen LogP contribution is -2.24. The van der Waals surface area contributed by atoms with Gasteiger partial charge in [0.25, 0.3) is 0 Å². The molecule has 1 aromatic heterocycles. The van der Waals surface area contributed by atoms with E-state index in [9.17, 15) is 9.90 Å². The van der Waals surface area contributed by atoms with E-state index in [2.05, 4.69) is 15.4 Å². The summed E-state index contributed by atoms with van der Waals surface area (Å²) in [5, 5.41) is 16.3. The highest BCUT2D eigenvalue weighted by atomic mass is 16.5. The van der Waals surface area contributed by atoms with E-state index in [1.54, 1.807) is 24.8 Å². The molecule has 0 saturated heterocycles. The number of ether oxygens (including phenoxy) is 1. The molecule has 21 heavy (non-hydrogen) atoms. The average molecular weight is 286 g/mol. The molecule has 3 rings (SSSR count). The number of methoxy groups -OCH3 is 1. The van der Waals surface area contributed by atoms with Gasteiger partial charge in [0, 0.05) is 5.56 Å². The molecule has 0 radical (unpaired) electrons. The quantitative estimate of drug-likeness (QED) is 0.890. The normalized spacial score (nSPS) is 16.7. The first-order valence-corrected chi connectivity index (χ1v) is 6.38. The number of nitrogens with zero attached hydrogens (tertiary/aromatic N) is 3. The van der Waals surface area contributed by atoms with Gasteiger partial charge in [-0.15, -0.1) is 0 Å². The number of aromatic nitrogens is 3. The van der Waals surface area contributed by atoms with Crippen LogP contribution in [-0.2, 0) is 4.79 Å². The number of nitrogens with one attached hydrogen (secondary N) is 1. The minimum atomic E-state index is -1.04. The van der Waals surface area contributed by atoms with Crippen LogP contribution in [0.5, 0.6) is 5.75 Å². The molecule has 2 heterocycles. The smallest absolute Gasteiger partial charge is 0.352 e. The zero-order valence-electron chi connectivity index (χ0n) is 11.6. The van der Waals surface area contributed by atoms with Crippen molar-refractivity contribution in [2.45, 2.75) is 13.0 Å². The Labute approximate surface area is 120 Å². The summed E-state index contributed by atoms with van der Waals surface area (Å²) in [4.78, 5) is 15.5. The fraction of sp³-hybridized carbons (Fsp3) is 0.214. The van der Waals surface area contributed by atoms with Crippen LogP contribution in [0.1, 0.15) is 17.4 Å². The number of fused-ring (bicyclic) bond motifs is 1. The maximum atomic E-state index is 11.3. The van der Waals surface area contributed by atoms with Crippen LogP contribution in [0.15, 0.2) is 36.0 Å². The van der Waals surface area contributed by atoms with E-state index in [1.807, 2.05) is 24.3 Å². The van der Waals surface area contributed by atoms with Gasteiger partial charge in [0.15, 0.2) is 0 Å². The van der Waals surface area contributed by atoms with E-state index in [0.29, 0.717) is 17.5 Å². The number of allylic oxidation sites excluding steroid dienone is 1. The molecule has 2 N–H and O–H groups in total. The first-order valence-electron chi connectivity index (χ1n) is 6.38. The minimum absolute atomic E-state index is 0.0748. The third kappa shape index (κ3) is 2.22. The van der Waals surface area contributed by atoms with Gasteiger partial charge in [-0.25, -0.2) is 9.48 Å². The molecule has 7 heteroatoms. The van der Waals surface area contributed by atoms with Crippen LogP contribution < -0.4 is 10.1 Å². The van der Waals surface area contributed by atoms with Gasteiger partial charge in [-0.05, 0) is 19.1 Å². The van der Waals surface area contributed by atoms with Crippen LogP contribution in [0.3, 0.4) is 0 Å². The van der Waals surface area contributed by atoms with Crippen molar-refractivity contribution < 1.29 is 14.6 Å². The summed E-state index contributed by atoms with van der Waals surface area (Å²) >= 11 is 0. The molecule has 0 saturated carbocycles. The van der Waals surface area contributed by atoms with Crippen molar-refractivity contribution in [2.24, 2.45) is 0 Å². The van der Waals surface area contributed by atoms with Crippen LogP contribution in [0.4, 0.5) is 5.95 Å². The molecule has 0 spiro atoms. The lowest BCUT2D eigenvalue weighted by molar-refractivity contribution is -0.132. The Balaban J connectivity index is 2.17. The highest BCUT2D eigenvalue weighted by Crippen LogP contribution is 2.33. The molecule has 7 nitrogen and oxygen atoms in total. The van der Waals surface area contributed by atoms with Gasteiger partial charge >= 0.3 is 5.97 Å². The van der Waals surface area contributed by atoms with Crippen LogP contribution in [0.25, 0.3) is 0 Å². The van der Waals surface area contributed by atoms with Crippen molar-refractivity contribution in [1.82, 2.24) is 14.8 Å². The molecule has 0 amide bonds. The number of carboxylic acids is 1. The SMILES string of the molecule is COc1ccccc1C1C=C(C(=O)O)Nc2nc(C)nn21. The zero-order valence-corrected chi connectivity index (χ0v) is 11.6. The van der Waals surface area contributed by atoms with Gasteiger partial charge in [0.05, 0.1) is 7.11 Å². The first-order chi connectivity index (χ1) is 10.1. The zero-order chi connectivity index (χ0) is 15.0. The summed E-state index contributed by atoms with van der Waals surface area (Å²) in [5.74, 6) is 0.604. The highest BCUT2D eigenvalue weighted by Gasteiger charge is 2.28. The predicted molar refractivity (Wildman–Crippen MR) is 75.2 cm³/mol. The molecule has 0 fully saturated rings. The van der Waals surface area contributed by atoms with Crippen molar-refractivity contribution in [1.29, 1.82) is 0 Å². The number of aliphatic carboxylic acids is 1. The molecule has 1 aromatic carbocycles. The predicted octanol–water partition coefficient (Wildman–Crippen LogP) is 1.58. The molecule has 108 valence electrons. The Morgan fingerprint density at radius 1 is 1.43 bits per heavy atom. The Bertz CT molecular complexity index is 736. The second-order valence-electron chi connectivity index (χ2n) is 4.62. The topological polar surface area (TPSA) is 89.3 Å². The summed E-state index contributed by atoms with van der Waals surface area (Å²) in [7, 11) is 1.58. The summed E-state index contributed by atoms with van der Waals surface area (Å²) in [6.45, 7) is 1.76. The maximum absolute atomic E-state index is 11.3. The minimum Gasteiger partial charge on any atom is -0.496 e. The molecule has 0 bridgehead atoms. The lowest BCUT2D eigenvalue weighted by atomic mass is 10.0. The van der Waals surface area contributed by atoms with Gasteiger partial charge in [-0.2, -0.15) is 10.1 Å². The standard InChI is InChI=1S/C14H14N4O3/c1-8-15-14-16-10(13(19)20)7-11(18(14)17-8)9-5-3-4-6-12(9)21-2/h3-7,11H,1-2H3,(H,19,20)(H,15,16,17). The van der Waals surface area contributed by atoms with Gasteiger partial charge in [-0.1, -0.05) is 18.2 Å². The largest absolute Gasteiger partial charge is 0.496 e. The second kappa shape index (κ2) is 4.93. The third-order valence-corrected chi connectivity index (χ3v) is 3.26. The third-order valence-electron chi connectivity index (χ3n) is 3.26. The fourth-order valence-corrected chi connectivity index (χ4v) is 2.36. The summed E-state index contributed by atoms with van der Waals surface area (Å²) < 4.78 is 7.01. The number of aryl methyl sites for hydroxylation is 1. The monoisotopic (exact) mass is 286 g/mol. The molecule has 1 aliphatic rings. The van der Waals surface area contributed by atoms with Crippen LogP contribution in [0, 0.1) is 6.92 Å². The van der Waals surface area contributed by atoms with E-state index in [4.69, 9.17) is 4.74 Å². The number of anilines is 1. The Morgan fingerprint density at radius 2 is 2.19 bits per heavy atom. The number of rotatable bonds is 3. The molecule has 2 aromatic rings. The molecule has 1 unspecified atom stereocenters. The number of hydrogen-bond donors (Lipinski definition) is 2. The van der Waals surface area contributed by atoms with E-state index in [-0.39, 0.29) is 11.7 Å². The number of hydrogen-bond acceptors (Lipinski definition) is 5. The number of para-hydroxylation sites is 1. The van der Waals surface area contributed by atoms with Crippen molar-refractivity contribution in [3.63, 3.8) is 0 Å². The molecule has 1 aliphatic heterocycles. The summed E-state index contributed by atoms with van der Waals surface area (Å²) in [6, 6.07) is 7.06. The average Bonchev–Trinajstić information content (AvgIpc) is 2.86. The molecule has 1 atom stereocenters. The van der Waals surface area contributed by atoms with Gasteiger partial charge < -0.3 is 15.2 Å². The fourth-order valence-electron chi connectivity index (χ4n) is 2.36. The Hall–Kier alpha value is -2.83. The van der Waals surface area contributed by atoms with Crippen LogP contribution in [0.2, 0.25) is 0 Å². The number of carboxylic acid groups (broad SMARTS) is 1. The van der Waals surface area contributed by atoms with Gasteiger partial charge in [0.1, 0.15) is 23.3 Å². The van der Waals surface area contributed by atoms with Crippen molar-refractivity contribution >= 4 is 11.9 Å². The van der Waals surface area contributed by atoms with Gasteiger partial charge in [0.2, 0.25) is 5.95 Å². The summed E-state index contributed by atoms with van der Waals surface area (Å²) in [5.41, 5.74) is 0.900. The van der Waals surface area contributed by atoms with Crippen molar-refractivity contribution in [2.75, 3.05) is 12.4 Å². The maximum Gasteiger partial charge on any atom is 0.352 e. The Morgan fingerprint density at radius 3 is 2.90 bits per heavy atom. The first kappa shape index (κ1) is 13.2. The van der Waals surface area contributed by atoms with Crippen LogP contribution >= 0.6 is 0 Å². The Kier molecular flexibility index (Phi) is 3.09. The van der Waals surface area contributed by atoms with Gasteiger partial charge in [-0.3, -0.25) is 0 Å². The van der Waals surface area contributed by atoms with E-state index >= 15 is 0 Å². The second-order valence-corrected chi connectivity index (χ2v) is 4.62. The highest BCUT2D eigenvalue weighted by molar-refractivity contribution is 5.90. The van der Waals surface area contributed by atoms with Crippen molar-refractivity contribution in [3.8, 4) is 5.75 Å².